The van der Waals surface area contributed by atoms with Crippen molar-refractivity contribution < 1.29 is 41.7 Å². The van der Waals surface area contributed by atoms with Gasteiger partial charge in [-0.05, 0) is 51.2 Å². The summed E-state index contributed by atoms with van der Waals surface area (Å²) in [6.07, 6.45) is -3.33. The molecule has 1 aliphatic carbocycles. The highest BCUT2D eigenvalue weighted by molar-refractivity contribution is 5.94. The Morgan fingerprint density at radius 1 is 1.23 bits per heavy atom. The maximum atomic E-state index is 13.1. The van der Waals surface area contributed by atoms with Crippen LogP contribution in [0.15, 0.2) is 24.3 Å². The summed E-state index contributed by atoms with van der Waals surface area (Å²) in [5.74, 6) is -3.14. The first-order valence-corrected chi connectivity index (χ1v) is 9.75. The quantitative estimate of drug-likeness (QED) is 0.695. The van der Waals surface area contributed by atoms with Crippen LogP contribution in [0.5, 0.6) is 0 Å². The second-order valence-corrected chi connectivity index (χ2v) is 7.50. The minimum Gasteiger partial charge on any atom is -0.475 e. The monoisotopic (exact) mass is 450 g/mol. The van der Waals surface area contributed by atoms with Crippen molar-refractivity contribution >= 4 is 11.9 Å². The number of hydrogen-bond acceptors (Lipinski definition) is 5. The molecule has 31 heavy (non-hydrogen) atoms. The van der Waals surface area contributed by atoms with Crippen LogP contribution in [0.1, 0.15) is 23.2 Å². The van der Waals surface area contributed by atoms with Crippen molar-refractivity contribution in [2.24, 2.45) is 0 Å². The van der Waals surface area contributed by atoms with Crippen molar-refractivity contribution in [1.82, 2.24) is 9.80 Å². The maximum absolute atomic E-state index is 13.1. The molecule has 0 bridgehead atoms. The summed E-state index contributed by atoms with van der Waals surface area (Å²) in [7, 11) is 4.03. The fourth-order valence-electron chi connectivity index (χ4n) is 3.49. The fourth-order valence-corrected chi connectivity index (χ4v) is 3.49. The molecule has 0 aromatic heterocycles. The van der Waals surface area contributed by atoms with Gasteiger partial charge < -0.3 is 24.4 Å². The SMILES string of the molecule is CN(C)CCO[C@@H]1CC[C@H]2[C@H]1OCCN2C(=O)c1ccc(F)cc1.O=C(O)C(F)(F)F. The number of carboxylic acid groups (broad SMARTS) is 1. The lowest BCUT2D eigenvalue weighted by molar-refractivity contribution is -0.192. The number of benzene rings is 1. The number of aliphatic carboxylic acids is 1. The third kappa shape index (κ3) is 7.15. The molecule has 1 heterocycles. The summed E-state index contributed by atoms with van der Waals surface area (Å²) in [6, 6.07) is 5.78. The number of morpholine rings is 1. The first-order chi connectivity index (χ1) is 14.5. The highest BCUT2D eigenvalue weighted by Crippen LogP contribution is 2.33. The largest absolute Gasteiger partial charge is 0.490 e. The number of amides is 1. The van der Waals surface area contributed by atoms with Gasteiger partial charge >= 0.3 is 12.1 Å². The normalized spacial score (nSPS) is 23.2. The van der Waals surface area contributed by atoms with Gasteiger partial charge in [0.15, 0.2) is 0 Å². The molecule has 1 aliphatic heterocycles. The van der Waals surface area contributed by atoms with E-state index in [0.717, 1.165) is 19.4 Å². The topological polar surface area (TPSA) is 79.3 Å². The van der Waals surface area contributed by atoms with Crippen LogP contribution in [0.25, 0.3) is 0 Å². The van der Waals surface area contributed by atoms with Gasteiger partial charge in [-0.2, -0.15) is 13.2 Å². The standard InChI is InChI=1S/C18H25FN2O3.C2HF3O2/c1-20(2)9-11-23-16-8-7-15-17(16)24-12-10-21(15)18(22)13-3-5-14(19)6-4-13;3-2(4,5)1(6)7/h3-6,15-17H,7-12H2,1-2H3;(H,6,7)/t15-,16+,17+;/m0./s1. The summed E-state index contributed by atoms with van der Waals surface area (Å²) in [6.45, 7) is 2.62. The first-order valence-electron chi connectivity index (χ1n) is 9.75. The van der Waals surface area contributed by atoms with E-state index in [1.54, 1.807) is 12.1 Å². The molecule has 0 spiro atoms. The van der Waals surface area contributed by atoms with Crippen LogP contribution in [0.4, 0.5) is 17.6 Å². The van der Waals surface area contributed by atoms with Gasteiger partial charge in [-0.15, -0.1) is 0 Å². The Balaban J connectivity index is 0.000000423. The third-order valence-electron chi connectivity index (χ3n) is 5.00. The van der Waals surface area contributed by atoms with Gasteiger partial charge in [0.1, 0.15) is 11.9 Å². The molecular formula is C20H26F4N2O5. The van der Waals surface area contributed by atoms with Crippen molar-refractivity contribution in [2.45, 2.75) is 37.3 Å². The molecular weight excluding hydrogens is 424 g/mol. The minimum absolute atomic E-state index is 0.0405. The van der Waals surface area contributed by atoms with Gasteiger partial charge in [0.2, 0.25) is 0 Å². The van der Waals surface area contributed by atoms with E-state index in [4.69, 9.17) is 19.4 Å². The molecule has 0 unspecified atom stereocenters. The molecule has 3 rings (SSSR count). The predicted octanol–water partition coefficient (Wildman–Crippen LogP) is 2.41. The lowest BCUT2D eigenvalue weighted by Gasteiger charge is -2.39. The van der Waals surface area contributed by atoms with Crippen molar-refractivity contribution in [2.75, 3.05) is 40.4 Å². The van der Waals surface area contributed by atoms with Crippen molar-refractivity contribution in [3.63, 3.8) is 0 Å². The molecule has 174 valence electrons. The fraction of sp³-hybridized carbons (Fsp3) is 0.600. The second kappa shape index (κ2) is 10.9. The summed E-state index contributed by atoms with van der Waals surface area (Å²) in [5.41, 5.74) is 0.522. The highest BCUT2D eigenvalue weighted by Gasteiger charge is 2.45. The lowest BCUT2D eigenvalue weighted by atomic mass is 10.1. The van der Waals surface area contributed by atoms with Gasteiger partial charge in [-0.1, -0.05) is 0 Å². The van der Waals surface area contributed by atoms with Crippen LogP contribution in [0.2, 0.25) is 0 Å². The Labute approximate surface area is 177 Å². The number of likely N-dealkylation sites (N-methyl/N-ethyl adjacent to an activating group) is 1. The number of rotatable bonds is 5. The van der Waals surface area contributed by atoms with E-state index in [0.29, 0.717) is 25.3 Å². The van der Waals surface area contributed by atoms with Gasteiger partial charge in [0.25, 0.3) is 5.91 Å². The van der Waals surface area contributed by atoms with Gasteiger partial charge in [-0.25, -0.2) is 9.18 Å². The van der Waals surface area contributed by atoms with E-state index >= 15 is 0 Å². The number of alkyl halides is 3. The molecule has 2 fully saturated rings. The molecule has 3 atom stereocenters. The smallest absolute Gasteiger partial charge is 0.475 e. The zero-order valence-electron chi connectivity index (χ0n) is 17.3. The molecule has 1 saturated heterocycles. The molecule has 1 aromatic rings. The number of carbonyl (C=O) groups excluding carboxylic acids is 1. The second-order valence-electron chi connectivity index (χ2n) is 7.50. The predicted molar refractivity (Wildman–Crippen MR) is 102 cm³/mol. The molecule has 11 heteroatoms. The van der Waals surface area contributed by atoms with Crippen LogP contribution < -0.4 is 0 Å². The summed E-state index contributed by atoms with van der Waals surface area (Å²) in [5, 5.41) is 7.12. The van der Waals surface area contributed by atoms with Crippen molar-refractivity contribution in [3.05, 3.63) is 35.6 Å². The van der Waals surface area contributed by atoms with E-state index in [-0.39, 0.29) is 30.0 Å². The number of ether oxygens (including phenoxy) is 2. The third-order valence-corrected chi connectivity index (χ3v) is 5.00. The Hall–Kier alpha value is -2.24. The maximum Gasteiger partial charge on any atom is 0.490 e. The number of carboxylic acids is 1. The average Bonchev–Trinajstić information content (AvgIpc) is 3.11. The molecule has 2 aliphatic rings. The molecule has 1 amide bonds. The van der Waals surface area contributed by atoms with Gasteiger partial charge in [-0.3, -0.25) is 4.79 Å². The lowest BCUT2D eigenvalue weighted by Crippen LogP contribution is -2.54. The number of fused-ring (bicyclic) bond motifs is 1. The molecule has 1 aromatic carbocycles. The number of hydrogen-bond donors (Lipinski definition) is 1. The summed E-state index contributed by atoms with van der Waals surface area (Å²) < 4.78 is 56.7. The Bertz CT molecular complexity index is 742. The first kappa shape index (κ1) is 25.0. The zero-order valence-corrected chi connectivity index (χ0v) is 17.3. The zero-order chi connectivity index (χ0) is 23.2. The van der Waals surface area contributed by atoms with Crippen LogP contribution in [-0.2, 0) is 14.3 Å². The molecule has 0 radical (unpaired) electrons. The minimum atomic E-state index is -5.08. The van der Waals surface area contributed by atoms with Crippen LogP contribution >= 0.6 is 0 Å². The van der Waals surface area contributed by atoms with E-state index in [2.05, 4.69) is 4.90 Å². The Morgan fingerprint density at radius 2 is 1.84 bits per heavy atom. The Kier molecular flexibility index (Phi) is 8.78. The number of nitrogens with zero attached hydrogens (tertiary/aromatic N) is 2. The van der Waals surface area contributed by atoms with Crippen LogP contribution in [0.3, 0.4) is 0 Å². The Morgan fingerprint density at radius 3 is 2.39 bits per heavy atom. The molecule has 7 nitrogen and oxygen atoms in total. The number of carbonyl (C=O) groups is 2. The van der Waals surface area contributed by atoms with Crippen LogP contribution in [0, 0.1) is 5.82 Å². The average molecular weight is 450 g/mol. The van der Waals surface area contributed by atoms with Crippen molar-refractivity contribution in [1.29, 1.82) is 0 Å². The van der Waals surface area contributed by atoms with Crippen LogP contribution in [-0.4, -0.2) is 91.6 Å². The summed E-state index contributed by atoms with van der Waals surface area (Å²) in [4.78, 5) is 25.6. The highest BCUT2D eigenvalue weighted by atomic mass is 19.4. The van der Waals surface area contributed by atoms with Gasteiger partial charge in [0.05, 0.1) is 25.4 Å². The van der Waals surface area contributed by atoms with E-state index in [1.165, 1.54) is 12.1 Å². The van der Waals surface area contributed by atoms with Gasteiger partial charge in [0, 0.05) is 18.7 Å². The molecule has 1 N–H and O–H groups in total. The van der Waals surface area contributed by atoms with E-state index in [1.807, 2.05) is 19.0 Å². The van der Waals surface area contributed by atoms with Crippen molar-refractivity contribution in [3.8, 4) is 0 Å². The summed E-state index contributed by atoms with van der Waals surface area (Å²) >= 11 is 0. The molecule has 1 saturated carbocycles. The van der Waals surface area contributed by atoms with E-state index < -0.39 is 12.1 Å². The number of halogens is 4. The van der Waals surface area contributed by atoms with E-state index in [9.17, 15) is 22.4 Å².